The number of aryl methyl sites for hydroxylation is 1. The largest absolute Gasteiger partial charge is 0.298 e. The van der Waals surface area contributed by atoms with Crippen molar-refractivity contribution < 1.29 is 9.59 Å². The van der Waals surface area contributed by atoms with E-state index in [1.807, 2.05) is 37.3 Å². The molecule has 1 amide bonds. The van der Waals surface area contributed by atoms with Crippen molar-refractivity contribution in [1.29, 1.82) is 0 Å². The van der Waals surface area contributed by atoms with Crippen LogP contribution in [-0.2, 0) is 0 Å². The molecule has 4 rings (SSSR count). The van der Waals surface area contributed by atoms with Gasteiger partial charge >= 0.3 is 0 Å². The number of hydrogen-bond acceptors (Lipinski definition) is 4. The molecule has 6 heteroatoms. The number of benzene rings is 3. The number of carbonyl (C=O) groups excluding carboxylic acids is 2. The number of fused-ring (bicyclic) bond motifs is 1. The van der Waals surface area contributed by atoms with Gasteiger partial charge in [0.2, 0.25) is 0 Å². The molecule has 0 atom stereocenters. The molecule has 1 aromatic heterocycles. The molecular formula is C22H15ClN2O2S. The Bertz CT molecular complexity index is 1180. The van der Waals surface area contributed by atoms with Gasteiger partial charge in [-0.2, -0.15) is 0 Å². The van der Waals surface area contributed by atoms with Gasteiger partial charge in [-0.25, -0.2) is 4.98 Å². The third kappa shape index (κ3) is 3.67. The molecule has 1 heterocycles. The van der Waals surface area contributed by atoms with Crippen molar-refractivity contribution in [3.05, 3.63) is 94.0 Å². The van der Waals surface area contributed by atoms with Crippen molar-refractivity contribution in [1.82, 2.24) is 4.98 Å². The molecule has 4 aromatic rings. The Kier molecular flexibility index (Phi) is 4.94. The molecule has 138 valence electrons. The smallest absolute Gasteiger partial charge is 0.257 e. The van der Waals surface area contributed by atoms with Gasteiger partial charge in [0.15, 0.2) is 10.9 Å². The van der Waals surface area contributed by atoms with Crippen LogP contribution < -0.4 is 5.32 Å². The molecule has 3 aromatic carbocycles. The second-order valence-corrected chi connectivity index (χ2v) is 7.78. The van der Waals surface area contributed by atoms with Crippen LogP contribution in [0.25, 0.3) is 10.2 Å². The molecule has 1 N–H and O–H groups in total. The Morgan fingerprint density at radius 1 is 0.929 bits per heavy atom. The van der Waals surface area contributed by atoms with Crippen LogP contribution >= 0.6 is 22.9 Å². The summed E-state index contributed by atoms with van der Waals surface area (Å²) in [5, 5.41) is 3.97. The van der Waals surface area contributed by atoms with Crippen LogP contribution in [0.5, 0.6) is 0 Å². The molecule has 0 fully saturated rings. The van der Waals surface area contributed by atoms with E-state index >= 15 is 0 Å². The minimum Gasteiger partial charge on any atom is -0.298 e. The quantitative estimate of drug-likeness (QED) is 0.439. The van der Waals surface area contributed by atoms with Gasteiger partial charge < -0.3 is 0 Å². The molecule has 0 aliphatic heterocycles. The highest BCUT2D eigenvalue weighted by Crippen LogP contribution is 2.31. The first kappa shape index (κ1) is 18.3. The zero-order valence-corrected chi connectivity index (χ0v) is 16.5. The number of amides is 1. The zero-order valence-electron chi connectivity index (χ0n) is 14.9. The lowest BCUT2D eigenvalue weighted by molar-refractivity contribution is 0.102. The van der Waals surface area contributed by atoms with E-state index in [4.69, 9.17) is 11.6 Å². The second kappa shape index (κ2) is 7.54. The Labute approximate surface area is 170 Å². The summed E-state index contributed by atoms with van der Waals surface area (Å²) in [6, 6.07) is 19.3. The minimum absolute atomic E-state index is 0.0777. The number of ketones is 1. The monoisotopic (exact) mass is 406 g/mol. The first-order chi connectivity index (χ1) is 13.5. The van der Waals surface area contributed by atoms with Crippen molar-refractivity contribution in [2.24, 2.45) is 0 Å². The van der Waals surface area contributed by atoms with Crippen LogP contribution in [0.1, 0.15) is 31.8 Å². The van der Waals surface area contributed by atoms with Crippen LogP contribution in [0, 0.1) is 6.92 Å². The fourth-order valence-corrected chi connectivity index (χ4v) is 4.22. The van der Waals surface area contributed by atoms with E-state index in [0.29, 0.717) is 26.8 Å². The molecular weight excluding hydrogens is 392 g/mol. The molecule has 28 heavy (non-hydrogen) atoms. The van der Waals surface area contributed by atoms with Crippen molar-refractivity contribution >= 4 is 50.0 Å². The molecule has 0 aliphatic carbocycles. The van der Waals surface area contributed by atoms with Gasteiger partial charge in [0, 0.05) is 21.7 Å². The highest BCUT2D eigenvalue weighted by Gasteiger charge is 2.13. The average molecular weight is 407 g/mol. The van der Waals surface area contributed by atoms with E-state index in [-0.39, 0.29) is 11.7 Å². The molecule has 0 unspecified atom stereocenters. The van der Waals surface area contributed by atoms with Gasteiger partial charge in [-0.15, -0.1) is 0 Å². The Balaban J connectivity index is 1.52. The number of nitrogens with zero attached hydrogens (tertiary/aromatic N) is 1. The van der Waals surface area contributed by atoms with Gasteiger partial charge in [0.25, 0.3) is 5.91 Å². The summed E-state index contributed by atoms with van der Waals surface area (Å²) in [4.78, 5) is 29.5. The van der Waals surface area contributed by atoms with Gasteiger partial charge in [-0.05, 0) is 36.8 Å². The van der Waals surface area contributed by atoms with Gasteiger partial charge in [0.1, 0.15) is 0 Å². The topological polar surface area (TPSA) is 59.1 Å². The third-order valence-corrected chi connectivity index (χ3v) is 5.45. The molecule has 4 nitrogen and oxygen atoms in total. The fraction of sp³-hybridized carbons (Fsp3) is 0.0455. The van der Waals surface area contributed by atoms with Crippen molar-refractivity contribution in [2.45, 2.75) is 6.92 Å². The normalized spacial score (nSPS) is 10.8. The average Bonchev–Trinajstić information content (AvgIpc) is 3.11. The summed E-state index contributed by atoms with van der Waals surface area (Å²) < 4.78 is 0.920. The minimum atomic E-state index is -0.276. The molecule has 0 aliphatic rings. The van der Waals surface area contributed by atoms with E-state index in [2.05, 4.69) is 10.3 Å². The first-order valence-corrected chi connectivity index (χ1v) is 9.78. The predicted molar refractivity (Wildman–Crippen MR) is 114 cm³/mol. The number of anilines is 1. The van der Waals surface area contributed by atoms with Crippen LogP contribution in [-0.4, -0.2) is 16.7 Å². The maximum Gasteiger partial charge on any atom is 0.257 e. The Morgan fingerprint density at radius 2 is 1.57 bits per heavy atom. The van der Waals surface area contributed by atoms with Crippen molar-refractivity contribution in [3.8, 4) is 0 Å². The van der Waals surface area contributed by atoms with Crippen molar-refractivity contribution in [2.75, 3.05) is 5.32 Å². The first-order valence-electron chi connectivity index (χ1n) is 8.59. The Morgan fingerprint density at radius 3 is 2.29 bits per heavy atom. The molecule has 0 saturated carbocycles. The number of thiazole rings is 1. The van der Waals surface area contributed by atoms with Crippen LogP contribution in [0.2, 0.25) is 5.02 Å². The predicted octanol–water partition coefficient (Wildman–Crippen LogP) is 5.74. The van der Waals surface area contributed by atoms with Gasteiger partial charge in [-0.1, -0.05) is 65.4 Å². The Hall–Kier alpha value is -3.02. The summed E-state index contributed by atoms with van der Waals surface area (Å²) in [7, 11) is 0. The van der Waals surface area contributed by atoms with Gasteiger partial charge in [-0.3, -0.25) is 14.9 Å². The molecule has 0 saturated heterocycles. The number of rotatable bonds is 4. The highest BCUT2D eigenvalue weighted by molar-refractivity contribution is 7.22. The van der Waals surface area contributed by atoms with E-state index in [1.54, 1.807) is 36.4 Å². The second-order valence-electron chi connectivity index (χ2n) is 6.32. The lowest BCUT2D eigenvalue weighted by Crippen LogP contribution is -2.12. The highest BCUT2D eigenvalue weighted by atomic mass is 35.5. The van der Waals surface area contributed by atoms with E-state index < -0.39 is 0 Å². The number of hydrogen-bond donors (Lipinski definition) is 1. The molecule has 0 spiro atoms. The SMILES string of the molecule is Cc1cc(Cl)cc2sc(NC(=O)c3ccc(C(=O)c4ccccc4)cc3)nc12. The summed E-state index contributed by atoms with van der Waals surface area (Å²) >= 11 is 7.46. The third-order valence-electron chi connectivity index (χ3n) is 4.32. The van der Waals surface area contributed by atoms with E-state index in [1.165, 1.54) is 11.3 Å². The number of nitrogens with one attached hydrogen (secondary N) is 1. The molecule has 0 radical (unpaired) electrons. The van der Waals surface area contributed by atoms with Crippen LogP contribution in [0.3, 0.4) is 0 Å². The lowest BCUT2D eigenvalue weighted by atomic mass is 10.0. The van der Waals surface area contributed by atoms with Gasteiger partial charge in [0.05, 0.1) is 10.2 Å². The van der Waals surface area contributed by atoms with Crippen molar-refractivity contribution in [3.63, 3.8) is 0 Å². The number of halogens is 1. The van der Waals surface area contributed by atoms with E-state index in [0.717, 1.165) is 15.8 Å². The molecule has 0 bridgehead atoms. The summed E-state index contributed by atoms with van der Waals surface area (Å²) in [5.41, 5.74) is 3.39. The standard InChI is InChI=1S/C22H15ClN2O2S/c1-13-11-17(23)12-18-19(13)24-22(28-18)25-21(27)16-9-7-15(8-10-16)20(26)14-5-3-2-4-6-14/h2-12H,1H3,(H,24,25,27). The number of aromatic nitrogens is 1. The number of carbonyl (C=O) groups is 2. The van der Waals surface area contributed by atoms with E-state index in [9.17, 15) is 9.59 Å². The van der Waals surface area contributed by atoms with Crippen LogP contribution in [0.4, 0.5) is 5.13 Å². The fourth-order valence-electron chi connectivity index (χ4n) is 2.91. The summed E-state index contributed by atoms with van der Waals surface area (Å²) in [5.74, 6) is -0.354. The van der Waals surface area contributed by atoms with Crippen LogP contribution in [0.15, 0.2) is 66.7 Å². The zero-order chi connectivity index (χ0) is 19.7. The summed E-state index contributed by atoms with van der Waals surface area (Å²) in [6.45, 7) is 1.93. The maximum absolute atomic E-state index is 12.5. The maximum atomic E-state index is 12.5. The summed E-state index contributed by atoms with van der Waals surface area (Å²) in [6.07, 6.45) is 0. The lowest BCUT2D eigenvalue weighted by Gasteiger charge is -2.04.